The number of nitrogens with one attached hydrogen (secondary N) is 1. The highest BCUT2D eigenvalue weighted by Crippen LogP contribution is 2.26. The predicted molar refractivity (Wildman–Crippen MR) is 92.9 cm³/mol. The van der Waals surface area contributed by atoms with Gasteiger partial charge in [-0.3, -0.25) is 4.79 Å². The van der Waals surface area contributed by atoms with E-state index in [9.17, 15) is 9.18 Å². The van der Waals surface area contributed by atoms with Crippen LogP contribution in [0.3, 0.4) is 0 Å². The average molecular weight is 335 g/mol. The molecule has 2 aliphatic rings. The summed E-state index contributed by atoms with van der Waals surface area (Å²) < 4.78 is 13.2. The molecule has 0 bridgehead atoms. The van der Waals surface area contributed by atoms with Crippen molar-refractivity contribution in [1.82, 2.24) is 10.2 Å². The fourth-order valence-electron chi connectivity index (χ4n) is 3.01. The van der Waals surface area contributed by atoms with Crippen LogP contribution in [0.2, 0.25) is 0 Å². The summed E-state index contributed by atoms with van der Waals surface area (Å²) in [7, 11) is 0. The third-order valence-corrected chi connectivity index (χ3v) is 4.82. The number of nitrogens with zero attached hydrogens (tertiary/aromatic N) is 2. The molecule has 1 aliphatic heterocycles. The summed E-state index contributed by atoms with van der Waals surface area (Å²) in [4.78, 5) is 15.5. The summed E-state index contributed by atoms with van der Waals surface area (Å²) in [5.41, 5.74) is 0.908. The first-order valence-corrected chi connectivity index (χ1v) is 8.56. The topological polar surface area (TPSA) is 35.6 Å². The summed E-state index contributed by atoms with van der Waals surface area (Å²) >= 11 is 5.61. The van der Waals surface area contributed by atoms with Crippen molar-refractivity contribution in [3.05, 3.63) is 30.1 Å². The lowest BCUT2D eigenvalue weighted by molar-refractivity contribution is -0.129. The summed E-state index contributed by atoms with van der Waals surface area (Å²) in [6.45, 7) is 3.09. The fourth-order valence-corrected chi connectivity index (χ4v) is 3.43. The molecule has 2 fully saturated rings. The Morgan fingerprint density at radius 3 is 2.35 bits per heavy atom. The molecule has 1 amide bonds. The van der Waals surface area contributed by atoms with Crippen molar-refractivity contribution in [2.24, 2.45) is 0 Å². The van der Waals surface area contributed by atoms with Crippen LogP contribution in [0.4, 0.5) is 10.1 Å². The van der Waals surface area contributed by atoms with Crippen molar-refractivity contribution >= 4 is 28.9 Å². The van der Waals surface area contributed by atoms with Gasteiger partial charge in [-0.2, -0.15) is 0 Å². The SMILES string of the molecule is CC(=O)N1CCC(N(C(=S)NC2CC2)c2ccc(F)cc2)CC1. The lowest BCUT2D eigenvalue weighted by Crippen LogP contribution is -2.52. The monoisotopic (exact) mass is 335 g/mol. The summed E-state index contributed by atoms with van der Waals surface area (Å²) in [5, 5.41) is 4.09. The summed E-state index contributed by atoms with van der Waals surface area (Å²) in [6, 6.07) is 7.18. The number of carbonyl (C=O) groups excluding carboxylic acids is 1. The van der Waals surface area contributed by atoms with Crippen LogP contribution in [0.1, 0.15) is 32.6 Å². The molecule has 124 valence electrons. The van der Waals surface area contributed by atoms with Gasteiger partial charge in [-0.1, -0.05) is 0 Å². The van der Waals surface area contributed by atoms with Gasteiger partial charge < -0.3 is 15.1 Å². The zero-order chi connectivity index (χ0) is 16.4. The highest BCUT2D eigenvalue weighted by atomic mass is 32.1. The molecule has 23 heavy (non-hydrogen) atoms. The first-order chi connectivity index (χ1) is 11.0. The van der Waals surface area contributed by atoms with Crippen LogP contribution in [-0.2, 0) is 4.79 Å². The first-order valence-electron chi connectivity index (χ1n) is 8.15. The molecule has 0 unspecified atom stereocenters. The number of thiocarbonyl (C=S) groups is 1. The second-order valence-corrected chi connectivity index (χ2v) is 6.69. The van der Waals surface area contributed by atoms with Gasteiger partial charge in [0.2, 0.25) is 5.91 Å². The van der Waals surface area contributed by atoms with E-state index in [1.54, 1.807) is 19.1 Å². The first kappa shape index (κ1) is 16.2. The standard InChI is InChI=1S/C17H22FN3OS/c1-12(22)20-10-8-16(9-11-20)21(17(23)19-14-4-5-14)15-6-2-13(18)3-7-15/h2-3,6-7,14,16H,4-5,8-11H2,1H3,(H,19,23). The largest absolute Gasteiger partial charge is 0.360 e. The Kier molecular flexibility index (Phi) is 4.80. The van der Waals surface area contributed by atoms with Crippen LogP contribution >= 0.6 is 12.2 Å². The van der Waals surface area contributed by atoms with E-state index in [-0.39, 0.29) is 17.8 Å². The van der Waals surface area contributed by atoms with Gasteiger partial charge in [0.05, 0.1) is 0 Å². The smallest absolute Gasteiger partial charge is 0.219 e. The number of anilines is 1. The molecule has 1 aliphatic carbocycles. The highest BCUT2D eigenvalue weighted by Gasteiger charge is 2.31. The maximum absolute atomic E-state index is 13.2. The Balaban J connectivity index is 1.76. The van der Waals surface area contributed by atoms with Crippen molar-refractivity contribution in [2.75, 3.05) is 18.0 Å². The maximum atomic E-state index is 13.2. The predicted octanol–water partition coefficient (Wildman–Crippen LogP) is 2.68. The van der Waals surface area contributed by atoms with E-state index in [1.807, 2.05) is 4.90 Å². The number of carbonyl (C=O) groups is 1. The lowest BCUT2D eigenvalue weighted by atomic mass is 10.0. The minimum atomic E-state index is -0.249. The van der Waals surface area contributed by atoms with Gasteiger partial charge in [-0.25, -0.2) is 4.39 Å². The van der Waals surface area contributed by atoms with Crippen molar-refractivity contribution in [1.29, 1.82) is 0 Å². The third kappa shape index (κ3) is 3.99. The molecule has 1 heterocycles. The zero-order valence-corrected chi connectivity index (χ0v) is 14.1. The molecule has 0 spiro atoms. The van der Waals surface area contributed by atoms with E-state index in [1.165, 1.54) is 12.1 Å². The molecule has 1 aromatic rings. The van der Waals surface area contributed by atoms with E-state index >= 15 is 0 Å². The molecule has 4 nitrogen and oxygen atoms in total. The molecule has 1 N–H and O–H groups in total. The van der Waals surface area contributed by atoms with Crippen molar-refractivity contribution < 1.29 is 9.18 Å². The maximum Gasteiger partial charge on any atom is 0.219 e. The number of benzene rings is 1. The van der Waals surface area contributed by atoms with Crippen LogP contribution in [0.25, 0.3) is 0 Å². The third-order valence-electron chi connectivity index (χ3n) is 4.50. The molecule has 0 radical (unpaired) electrons. The molecule has 0 aromatic heterocycles. The van der Waals surface area contributed by atoms with Gasteiger partial charge in [0, 0.05) is 37.8 Å². The molecule has 1 saturated heterocycles. The molecule has 1 saturated carbocycles. The highest BCUT2D eigenvalue weighted by molar-refractivity contribution is 7.80. The van der Waals surface area contributed by atoms with Gasteiger partial charge in [0.1, 0.15) is 5.82 Å². The van der Waals surface area contributed by atoms with E-state index < -0.39 is 0 Å². The van der Waals surface area contributed by atoms with Crippen LogP contribution in [0.5, 0.6) is 0 Å². The van der Waals surface area contributed by atoms with E-state index in [0.29, 0.717) is 11.2 Å². The Labute approximate surface area is 141 Å². The minimum absolute atomic E-state index is 0.121. The summed E-state index contributed by atoms with van der Waals surface area (Å²) in [5.74, 6) is -0.128. The number of amides is 1. The Bertz CT molecular complexity index is 580. The van der Waals surface area contributed by atoms with Gasteiger partial charge in [-0.05, 0) is 62.2 Å². The summed E-state index contributed by atoms with van der Waals surface area (Å²) in [6.07, 6.45) is 4.03. The van der Waals surface area contributed by atoms with Crippen molar-refractivity contribution in [3.8, 4) is 0 Å². The molecular formula is C17H22FN3OS. The van der Waals surface area contributed by atoms with Crippen LogP contribution < -0.4 is 10.2 Å². The molecule has 6 heteroatoms. The second kappa shape index (κ2) is 6.83. The second-order valence-electron chi connectivity index (χ2n) is 6.31. The van der Waals surface area contributed by atoms with Gasteiger partial charge in [-0.15, -0.1) is 0 Å². The number of rotatable bonds is 3. The normalized spacial score (nSPS) is 18.6. The molecular weight excluding hydrogens is 313 g/mol. The van der Waals surface area contributed by atoms with E-state index in [0.717, 1.165) is 44.5 Å². The molecule has 1 aromatic carbocycles. The minimum Gasteiger partial charge on any atom is -0.360 e. The number of hydrogen-bond acceptors (Lipinski definition) is 2. The molecule has 0 atom stereocenters. The van der Waals surface area contributed by atoms with Crippen LogP contribution in [0, 0.1) is 5.82 Å². The van der Waals surface area contributed by atoms with Gasteiger partial charge in [0.15, 0.2) is 5.11 Å². The average Bonchev–Trinajstić information content (AvgIpc) is 3.34. The van der Waals surface area contributed by atoms with Gasteiger partial charge >= 0.3 is 0 Å². The molecule has 3 rings (SSSR count). The Morgan fingerprint density at radius 2 is 1.83 bits per heavy atom. The number of hydrogen-bond donors (Lipinski definition) is 1. The number of halogens is 1. The van der Waals surface area contributed by atoms with Crippen molar-refractivity contribution in [2.45, 2.75) is 44.7 Å². The number of piperidine rings is 1. The number of likely N-dealkylation sites (tertiary alicyclic amines) is 1. The quantitative estimate of drug-likeness (QED) is 0.862. The van der Waals surface area contributed by atoms with E-state index in [4.69, 9.17) is 12.2 Å². The lowest BCUT2D eigenvalue weighted by Gasteiger charge is -2.39. The fraction of sp³-hybridized carbons (Fsp3) is 0.529. The van der Waals surface area contributed by atoms with Crippen molar-refractivity contribution in [3.63, 3.8) is 0 Å². The van der Waals surface area contributed by atoms with Gasteiger partial charge in [0.25, 0.3) is 0 Å². The van der Waals surface area contributed by atoms with Crippen LogP contribution in [0.15, 0.2) is 24.3 Å². The Hall–Kier alpha value is -1.69. The van der Waals surface area contributed by atoms with E-state index in [2.05, 4.69) is 10.2 Å². The zero-order valence-electron chi connectivity index (χ0n) is 13.3. The van der Waals surface area contributed by atoms with Crippen LogP contribution in [-0.4, -0.2) is 41.1 Å². The Morgan fingerprint density at radius 1 is 1.22 bits per heavy atom.